The van der Waals surface area contributed by atoms with Crippen molar-refractivity contribution < 1.29 is 9.47 Å². The molecule has 1 aromatic carbocycles. The first-order chi connectivity index (χ1) is 14.2. The maximum atomic E-state index is 5.58. The summed E-state index contributed by atoms with van der Waals surface area (Å²) >= 11 is 0. The van der Waals surface area contributed by atoms with Crippen molar-refractivity contribution >= 4 is 5.96 Å². The first-order valence-electron chi connectivity index (χ1n) is 10.4. The maximum Gasteiger partial charge on any atom is 0.191 e. The van der Waals surface area contributed by atoms with E-state index in [-0.39, 0.29) is 0 Å². The summed E-state index contributed by atoms with van der Waals surface area (Å²) in [5, 5.41) is 11.3. The molecule has 0 aliphatic carbocycles. The van der Waals surface area contributed by atoms with Crippen molar-refractivity contribution in [1.29, 1.82) is 0 Å². The quantitative estimate of drug-likeness (QED) is 0.325. The van der Waals surface area contributed by atoms with E-state index in [1.165, 1.54) is 5.56 Å². The average Bonchev–Trinajstić information content (AvgIpc) is 3.03. The molecule has 0 saturated heterocycles. The van der Waals surface area contributed by atoms with Gasteiger partial charge in [0, 0.05) is 38.0 Å². The third-order valence-corrected chi connectivity index (χ3v) is 4.65. The molecular formula is C22H35N5O2. The molecular weight excluding hydrogens is 366 g/mol. The highest BCUT2D eigenvalue weighted by molar-refractivity contribution is 5.79. The molecule has 7 nitrogen and oxygen atoms in total. The minimum atomic E-state index is 0.613. The van der Waals surface area contributed by atoms with Crippen LogP contribution in [0.5, 0.6) is 0 Å². The van der Waals surface area contributed by atoms with E-state index in [1.807, 2.05) is 29.8 Å². The van der Waals surface area contributed by atoms with Gasteiger partial charge >= 0.3 is 0 Å². The monoisotopic (exact) mass is 401 g/mol. The molecule has 1 heterocycles. The highest BCUT2D eigenvalue weighted by Gasteiger charge is 2.13. The Bertz CT molecular complexity index is 743. The summed E-state index contributed by atoms with van der Waals surface area (Å²) in [4.78, 5) is 4.28. The number of unbranched alkanes of at least 4 members (excludes halogenated alkanes) is 1. The maximum absolute atomic E-state index is 5.58. The lowest BCUT2D eigenvalue weighted by Crippen LogP contribution is -2.38. The lowest BCUT2D eigenvalue weighted by atomic mass is 10.2. The molecule has 29 heavy (non-hydrogen) atoms. The van der Waals surface area contributed by atoms with E-state index >= 15 is 0 Å². The molecule has 2 aromatic rings. The summed E-state index contributed by atoms with van der Waals surface area (Å²) in [6, 6.07) is 10.2. The Balaban J connectivity index is 1.74. The number of nitrogens with one attached hydrogen (secondary N) is 2. The third-order valence-electron chi connectivity index (χ3n) is 4.65. The largest absolute Gasteiger partial charge is 0.379 e. The standard InChI is InChI=1S/C22H35N5O2/c1-5-6-13-28-15-16-29-14-12-24-22(23-4)25-17-21-18(2)26-27(19(21)3)20-10-8-7-9-11-20/h7-11H,5-6,12-17H2,1-4H3,(H2,23,24,25). The number of aromatic nitrogens is 2. The summed E-state index contributed by atoms with van der Waals surface area (Å²) in [5.41, 5.74) is 4.39. The minimum absolute atomic E-state index is 0.613. The fourth-order valence-corrected chi connectivity index (χ4v) is 2.95. The normalized spacial score (nSPS) is 11.7. The molecule has 160 valence electrons. The van der Waals surface area contributed by atoms with Crippen LogP contribution in [0.4, 0.5) is 0 Å². The van der Waals surface area contributed by atoms with Gasteiger partial charge in [-0.1, -0.05) is 31.5 Å². The topological polar surface area (TPSA) is 72.7 Å². The number of aryl methyl sites for hydroxylation is 1. The van der Waals surface area contributed by atoms with Crippen molar-refractivity contribution in [1.82, 2.24) is 20.4 Å². The molecule has 0 aliphatic heterocycles. The highest BCUT2D eigenvalue weighted by Crippen LogP contribution is 2.17. The van der Waals surface area contributed by atoms with Crippen LogP contribution in [0.2, 0.25) is 0 Å². The summed E-state index contributed by atoms with van der Waals surface area (Å²) in [7, 11) is 1.77. The van der Waals surface area contributed by atoms with Crippen LogP contribution in [0, 0.1) is 13.8 Å². The number of hydrogen-bond donors (Lipinski definition) is 2. The Labute approximate surface area is 174 Å². The van der Waals surface area contributed by atoms with Crippen molar-refractivity contribution in [2.45, 2.75) is 40.2 Å². The van der Waals surface area contributed by atoms with Crippen molar-refractivity contribution in [2.75, 3.05) is 40.0 Å². The zero-order valence-electron chi connectivity index (χ0n) is 18.2. The number of para-hydroxylation sites is 1. The zero-order chi connectivity index (χ0) is 20.9. The second-order valence-electron chi connectivity index (χ2n) is 6.83. The fourth-order valence-electron chi connectivity index (χ4n) is 2.95. The molecule has 0 unspecified atom stereocenters. The van der Waals surface area contributed by atoms with Crippen LogP contribution >= 0.6 is 0 Å². The predicted molar refractivity (Wildman–Crippen MR) is 118 cm³/mol. The molecule has 0 fully saturated rings. The van der Waals surface area contributed by atoms with Gasteiger partial charge < -0.3 is 20.1 Å². The summed E-state index contributed by atoms with van der Waals surface area (Å²) < 4.78 is 13.0. The van der Waals surface area contributed by atoms with Crippen LogP contribution in [-0.2, 0) is 16.0 Å². The molecule has 0 bridgehead atoms. The molecule has 1 aromatic heterocycles. The second-order valence-corrected chi connectivity index (χ2v) is 6.83. The first kappa shape index (κ1) is 22.9. The molecule has 0 aliphatic rings. The van der Waals surface area contributed by atoms with Crippen LogP contribution < -0.4 is 10.6 Å². The Morgan fingerprint density at radius 3 is 2.45 bits per heavy atom. The summed E-state index contributed by atoms with van der Waals surface area (Å²) in [5.74, 6) is 0.749. The number of ether oxygens (including phenoxy) is 2. The molecule has 0 atom stereocenters. The van der Waals surface area contributed by atoms with E-state index in [0.717, 1.165) is 42.5 Å². The smallest absolute Gasteiger partial charge is 0.191 e. The van der Waals surface area contributed by atoms with Gasteiger partial charge in [-0.05, 0) is 32.4 Å². The molecule has 0 amide bonds. The average molecular weight is 402 g/mol. The number of benzene rings is 1. The van der Waals surface area contributed by atoms with E-state index in [0.29, 0.717) is 32.9 Å². The predicted octanol–water partition coefficient (Wildman–Crippen LogP) is 2.99. The lowest BCUT2D eigenvalue weighted by Gasteiger charge is -2.12. The van der Waals surface area contributed by atoms with Gasteiger partial charge in [0.15, 0.2) is 5.96 Å². The van der Waals surface area contributed by atoms with Gasteiger partial charge in [0.2, 0.25) is 0 Å². The minimum Gasteiger partial charge on any atom is -0.379 e. The lowest BCUT2D eigenvalue weighted by molar-refractivity contribution is 0.0487. The molecule has 0 radical (unpaired) electrons. The van der Waals surface area contributed by atoms with Gasteiger partial charge in [0.1, 0.15) is 0 Å². The Morgan fingerprint density at radius 2 is 1.76 bits per heavy atom. The van der Waals surface area contributed by atoms with E-state index in [4.69, 9.17) is 14.6 Å². The van der Waals surface area contributed by atoms with Gasteiger partial charge in [-0.25, -0.2) is 4.68 Å². The molecule has 2 N–H and O–H groups in total. The number of aliphatic imine (C=N–C) groups is 1. The Hall–Kier alpha value is -2.38. The third kappa shape index (κ3) is 7.51. The molecule has 2 rings (SSSR count). The molecule has 0 saturated carbocycles. The van der Waals surface area contributed by atoms with Crippen LogP contribution in [-0.4, -0.2) is 55.8 Å². The van der Waals surface area contributed by atoms with Crippen molar-refractivity contribution in [2.24, 2.45) is 4.99 Å². The first-order valence-corrected chi connectivity index (χ1v) is 10.4. The van der Waals surface area contributed by atoms with E-state index in [1.54, 1.807) is 7.05 Å². The summed E-state index contributed by atoms with van der Waals surface area (Å²) in [6.45, 7) is 10.3. The van der Waals surface area contributed by atoms with Crippen LogP contribution in [0.1, 0.15) is 36.7 Å². The van der Waals surface area contributed by atoms with E-state index in [9.17, 15) is 0 Å². The highest BCUT2D eigenvalue weighted by atomic mass is 16.5. The van der Waals surface area contributed by atoms with Gasteiger partial charge in [0.05, 0.1) is 31.2 Å². The number of hydrogen-bond acceptors (Lipinski definition) is 4. The SMILES string of the molecule is CCCCOCCOCCNC(=NC)NCc1c(C)nn(-c2ccccc2)c1C. The van der Waals surface area contributed by atoms with E-state index in [2.05, 4.69) is 41.6 Å². The van der Waals surface area contributed by atoms with Crippen LogP contribution in [0.3, 0.4) is 0 Å². The van der Waals surface area contributed by atoms with Crippen molar-refractivity contribution in [3.63, 3.8) is 0 Å². The van der Waals surface area contributed by atoms with E-state index < -0.39 is 0 Å². The van der Waals surface area contributed by atoms with Crippen molar-refractivity contribution in [3.8, 4) is 5.69 Å². The Kier molecular flexibility index (Phi) is 10.2. The van der Waals surface area contributed by atoms with Gasteiger partial charge in [-0.2, -0.15) is 5.10 Å². The van der Waals surface area contributed by atoms with Crippen LogP contribution in [0.25, 0.3) is 5.69 Å². The number of nitrogens with zero attached hydrogens (tertiary/aromatic N) is 3. The van der Waals surface area contributed by atoms with Gasteiger partial charge in [-0.15, -0.1) is 0 Å². The van der Waals surface area contributed by atoms with Gasteiger partial charge in [0.25, 0.3) is 0 Å². The molecule has 7 heteroatoms. The zero-order valence-corrected chi connectivity index (χ0v) is 18.2. The van der Waals surface area contributed by atoms with Crippen LogP contribution in [0.15, 0.2) is 35.3 Å². The van der Waals surface area contributed by atoms with Crippen molar-refractivity contribution in [3.05, 3.63) is 47.3 Å². The Morgan fingerprint density at radius 1 is 1.03 bits per heavy atom. The fraction of sp³-hybridized carbons (Fsp3) is 0.545. The number of guanidine groups is 1. The summed E-state index contributed by atoms with van der Waals surface area (Å²) in [6.07, 6.45) is 2.26. The second kappa shape index (κ2) is 13.0. The molecule has 0 spiro atoms. The number of rotatable bonds is 12. The van der Waals surface area contributed by atoms with Gasteiger partial charge in [-0.3, -0.25) is 4.99 Å².